The predicted octanol–water partition coefficient (Wildman–Crippen LogP) is 0.0532. The highest BCUT2D eigenvalue weighted by molar-refractivity contribution is 4.99. The first-order chi connectivity index (χ1) is 8.29. The summed E-state index contributed by atoms with van der Waals surface area (Å²) in [7, 11) is 0. The number of nitrogens with one attached hydrogen (secondary N) is 2. The van der Waals surface area contributed by atoms with Gasteiger partial charge in [0.05, 0.1) is 6.61 Å². The topological polar surface area (TPSA) is 73.5 Å². The van der Waals surface area contributed by atoms with Crippen molar-refractivity contribution in [1.29, 1.82) is 0 Å². The van der Waals surface area contributed by atoms with E-state index < -0.39 is 0 Å². The van der Waals surface area contributed by atoms with E-state index in [1.54, 1.807) is 0 Å². The van der Waals surface area contributed by atoms with Crippen molar-refractivity contribution in [2.24, 2.45) is 5.84 Å². The highest BCUT2D eigenvalue weighted by atomic mass is 16.3. The van der Waals surface area contributed by atoms with Crippen LogP contribution in [0.4, 0.5) is 0 Å². The number of aliphatic hydroxyl groups is 1. The number of rotatable bonds is 6. The average molecular weight is 258 g/mol. The van der Waals surface area contributed by atoms with E-state index in [1.165, 1.54) is 0 Å². The van der Waals surface area contributed by atoms with Crippen molar-refractivity contribution in [2.45, 2.75) is 57.7 Å². The smallest absolute Gasteiger partial charge is 0.0555 e. The first-order valence-corrected chi connectivity index (χ1v) is 6.89. The number of hydrogen-bond acceptors (Lipinski definition) is 5. The first-order valence-electron chi connectivity index (χ1n) is 6.89. The maximum atomic E-state index is 8.68. The Morgan fingerprint density at radius 2 is 1.67 bits per heavy atom. The van der Waals surface area contributed by atoms with Gasteiger partial charge in [-0.1, -0.05) is 0 Å². The Morgan fingerprint density at radius 1 is 1.11 bits per heavy atom. The third-order valence-electron chi connectivity index (χ3n) is 3.82. The molecule has 5 nitrogen and oxygen atoms in total. The maximum Gasteiger partial charge on any atom is 0.0555 e. The van der Waals surface area contributed by atoms with E-state index in [1.807, 2.05) is 5.01 Å². The summed E-state index contributed by atoms with van der Waals surface area (Å²) in [4.78, 5) is 0. The molecule has 5 N–H and O–H groups in total. The van der Waals surface area contributed by atoms with Crippen LogP contribution in [-0.2, 0) is 0 Å². The molecule has 1 aliphatic heterocycles. The molecule has 1 aliphatic rings. The molecule has 0 unspecified atom stereocenters. The zero-order valence-corrected chi connectivity index (χ0v) is 12.3. The Labute approximate surface area is 111 Å². The van der Waals surface area contributed by atoms with E-state index in [9.17, 15) is 0 Å². The molecule has 1 saturated heterocycles. The van der Waals surface area contributed by atoms with Crippen LogP contribution < -0.4 is 16.5 Å². The molecule has 0 amide bonds. The lowest BCUT2D eigenvalue weighted by atomic mass is 9.78. The van der Waals surface area contributed by atoms with Crippen LogP contribution in [0, 0.1) is 0 Å². The summed E-state index contributed by atoms with van der Waals surface area (Å²) >= 11 is 0. The van der Waals surface area contributed by atoms with E-state index in [2.05, 4.69) is 38.3 Å². The van der Waals surface area contributed by atoms with E-state index in [-0.39, 0.29) is 17.7 Å². The first kappa shape index (κ1) is 15.9. The highest BCUT2D eigenvalue weighted by Crippen LogP contribution is 2.35. The maximum absolute atomic E-state index is 8.68. The molecule has 0 saturated carbocycles. The van der Waals surface area contributed by atoms with Gasteiger partial charge >= 0.3 is 0 Å². The Kier molecular flexibility index (Phi) is 5.55. The number of hydrazine groups is 1. The van der Waals surface area contributed by atoms with Gasteiger partial charge in [-0.2, -0.15) is 0 Å². The normalized spacial score (nSPS) is 24.3. The van der Waals surface area contributed by atoms with Crippen LogP contribution in [0.1, 0.15) is 40.5 Å². The van der Waals surface area contributed by atoms with Crippen molar-refractivity contribution < 1.29 is 5.11 Å². The van der Waals surface area contributed by atoms with Crippen molar-refractivity contribution in [2.75, 3.05) is 26.2 Å². The monoisotopic (exact) mass is 258 g/mol. The fraction of sp³-hybridized carbons (Fsp3) is 1.00. The summed E-state index contributed by atoms with van der Waals surface area (Å²) in [6.07, 6.45) is 2.12. The predicted molar refractivity (Wildman–Crippen MR) is 75.2 cm³/mol. The second-order valence-electron chi connectivity index (χ2n) is 6.53. The number of nitrogens with two attached hydrogens (primary N) is 1. The largest absolute Gasteiger partial charge is 0.395 e. The van der Waals surface area contributed by atoms with Crippen LogP contribution in [0.2, 0.25) is 0 Å². The Bertz CT molecular complexity index is 237. The molecule has 0 aromatic heterocycles. The average Bonchev–Trinajstić information content (AvgIpc) is 2.25. The molecule has 1 rings (SSSR count). The summed E-state index contributed by atoms with van der Waals surface area (Å²) < 4.78 is 0. The SMILES string of the molecule is CC1(C)CC(NCCNCCO)CC(C)(C)N1N. The summed E-state index contributed by atoms with van der Waals surface area (Å²) in [6, 6.07) is 0.505. The molecule has 5 heteroatoms. The molecule has 0 radical (unpaired) electrons. The molecule has 0 aromatic rings. The summed E-state index contributed by atoms with van der Waals surface area (Å²) in [5.41, 5.74) is 0.0515. The number of aliphatic hydroxyl groups excluding tert-OH is 1. The molecular formula is C13H30N4O. The van der Waals surface area contributed by atoms with E-state index in [0.717, 1.165) is 25.9 Å². The minimum Gasteiger partial charge on any atom is -0.395 e. The second-order valence-corrected chi connectivity index (χ2v) is 6.53. The van der Waals surface area contributed by atoms with Crippen molar-refractivity contribution in [3.05, 3.63) is 0 Å². The van der Waals surface area contributed by atoms with Crippen LogP contribution >= 0.6 is 0 Å². The Morgan fingerprint density at radius 3 is 2.17 bits per heavy atom. The van der Waals surface area contributed by atoms with Gasteiger partial charge in [0.15, 0.2) is 0 Å². The van der Waals surface area contributed by atoms with Crippen LogP contribution in [0.15, 0.2) is 0 Å². The van der Waals surface area contributed by atoms with E-state index in [0.29, 0.717) is 12.6 Å². The van der Waals surface area contributed by atoms with Gasteiger partial charge in [-0.05, 0) is 40.5 Å². The van der Waals surface area contributed by atoms with Crippen LogP contribution in [0.25, 0.3) is 0 Å². The van der Waals surface area contributed by atoms with Crippen LogP contribution in [0.5, 0.6) is 0 Å². The zero-order chi connectivity index (χ0) is 13.8. The Balaban J connectivity index is 2.39. The van der Waals surface area contributed by atoms with Crippen molar-refractivity contribution in [3.63, 3.8) is 0 Å². The van der Waals surface area contributed by atoms with Crippen molar-refractivity contribution >= 4 is 0 Å². The summed E-state index contributed by atoms with van der Waals surface area (Å²) in [6.45, 7) is 11.5. The molecule has 0 spiro atoms. The van der Waals surface area contributed by atoms with E-state index >= 15 is 0 Å². The zero-order valence-electron chi connectivity index (χ0n) is 12.3. The number of piperidine rings is 1. The summed E-state index contributed by atoms with van der Waals surface area (Å²) in [5.74, 6) is 6.21. The molecule has 1 fully saturated rings. The minimum atomic E-state index is 0.0257. The fourth-order valence-electron chi connectivity index (χ4n) is 3.01. The minimum absolute atomic E-state index is 0.0257. The standard InChI is InChI=1S/C13H30N4O/c1-12(2)9-11(10-13(3,4)17(12)14)16-6-5-15-7-8-18/h11,15-16,18H,5-10,14H2,1-4H3. The van der Waals surface area contributed by atoms with Gasteiger partial charge in [0.2, 0.25) is 0 Å². The molecule has 18 heavy (non-hydrogen) atoms. The molecule has 1 heterocycles. The van der Waals surface area contributed by atoms with E-state index in [4.69, 9.17) is 10.9 Å². The third-order valence-corrected chi connectivity index (χ3v) is 3.82. The lowest BCUT2D eigenvalue weighted by Crippen LogP contribution is -2.66. The lowest BCUT2D eigenvalue weighted by molar-refractivity contribution is -0.0417. The van der Waals surface area contributed by atoms with Crippen LogP contribution in [0.3, 0.4) is 0 Å². The van der Waals surface area contributed by atoms with Gasteiger partial charge in [0.25, 0.3) is 0 Å². The number of hydrogen-bond donors (Lipinski definition) is 4. The van der Waals surface area contributed by atoms with Gasteiger partial charge in [-0.15, -0.1) is 0 Å². The van der Waals surface area contributed by atoms with Gasteiger partial charge in [-0.25, -0.2) is 5.01 Å². The quantitative estimate of drug-likeness (QED) is 0.400. The van der Waals surface area contributed by atoms with Crippen molar-refractivity contribution in [3.8, 4) is 0 Å². The van der Waals surface area contributed by atoms with Gasteiger partial charge < -0.3 is 15.7 Å². The van der Waals surface area contributed by atoms with Gasteiger partial charge in [0, 0.05) is 36.8 Å². The molecule has 0 bridgehead atoms. The van der Waals surface area contributed by atoms with Crippen LogP contribution in [-0.4, -0.2) is 53.5 Å². The molecule has 108 valence electrons. The second kappa shape index (κ2) is 6.30. The summed E-state index contributed by atoms with van der Waals surface area (Å²) in [5, 5.41) is 17.4. The lowest BCUT2D eigenvalue weighted by Gasteiger charge is -2.53. The third kappa shape index (κ3) is 4.17. The molecule has 0 atom stereocenters. The number of nitrogens with zero attached hydrogens (tertiary/aromatic N) is 1. The van der Waals surface area contributed by atoms with Crippen molar-refractivity contribution in [1.82, 2.24) is 15.6 Å². The molecule has 0 aromatic carbocycles. The Hall–Kier alpha value is -0.200. The fourth-order valence-corrected chi connectivity index (χ4v) is 3.01. The molecular weight excluding hydrogens is 228 g/mol. The highest BCUT2D eigenvalue weighted by Gasteiger charge is 2.43. The van der Waals surface area contributed by atoms with Gasteiger partial charge in [0.1, 0.15) is 0 Å². The molecule has 0 aliphatic carbocycles. The van der Waals surface area contributed by atoms with Gasteiger partial charge in [-0.3, -0.25) is 5.84 Å².